The van der Waals surface area contributed by atoms with E-state index in [2.05, 4.69) is 5.32 Å². The Morgan fingerprint density at radius 3 is 2.25 bits per heavy atom. The molecule has 1 heterocycles. The first-order valence-electron chi connectivity index (χ1n) is 5.88. The van der Waals surface area contributed by atoms with Gasteiger partial charge < -0.3 is 5.32 Å². The van der Waals surface area contributed by atoms with Gasteiger partial charge in [0.2, 0.25) is 0 Å². The minimum Gasteiger partial charge on any atom is -0.314 e. The minimum absolute atomic E-state index is 0.117. The first kappa shape index (κ1) is 11.3. The molecule has 4 nitrogen and oxygen atoms in total. The summed E-state index contributed by atoms with van der Waals surface area (Å²) in [6.07, 6.45) is 3.37. The minimum atomic E-state index is -0.117. The Kier molecular flexibility index (Phi) is 3.10. The Bertz CT molecular complexity index is 332. The summed E-state index contributed by atoms with van der Waals surface area (Å²) in [5.41, 5.74) is 1.19. The number of hydrogen-bond donors (Lipinski definition) is 1. The van der Waals surface area contributed by atoms with Crippen molar-refractivity contribution in [1.29, 1.82) is 0 Å². The van der Waals surface area contributed by atoms with Crippen LogP contribution in [0.15, 0.2) is 11.1 Å². The highest BCUT2D eigenvalue weighted by Crippen LogP contribution is 2.20. The number of nitrogens with one attached hydrogen (secondary N) is 1. The molecule has 0 saturated heterocycles. The van der Waals surface area contributed by atoms with E-state index in [4.69, 9.17) is 0 Å². The van der Waals surface area contributed by atoms with E-state index >= 15 is 0 Å². The molecular formula is C12H18N2O2. The van der Waals surface area contributed by atoms with Gasteiger partial charge in [0, 0.05) is 23.7 Å². The Morgan fingerprint density at radius 1 is 1.19 bits per heavy atom. The molecule has 0 radical (unpaired) electrons. The van der Waals surface area contributed by atoms with Crippen molar-refractivity contribution in [3.63, 3.8) is 0 Å². The van der Waals surface area contributed by atoms with E-state index in [9.17, 15) is 9.59 Å². The number of carbonyl (C=O) groups is 2. The van der Waals surface area contributed by atoms with Crippen LogP contribution in [0.5, 0.6) is 0 Å². The number of nitrogens with zero attached hydrogens (tertiary/aromatic N) is 1. The SMILES string of the molecule is CC1=C(C)C(=O)N(CCCNC2CC2)C1=O. The van der Waals surface area contributed by atoms with Crippen molar-refractivity contribution in [2.75, 3.05) is 13.1 Å². The maximum Gasteiger partial charge on any atom is 0.256 e. The second-order valence-electron chi connectivity index (χ2n) is 4.59. The molecule has 1 N–H and O–H groups in total. The number of imide groups is 1. The summed E-state index contributed by atoms with van der Waals surface area (Å²) in [5.74, 6) is -0.233. The Hall–Kier alpha value is -1.16. The third-order valence-corrected chi connectivity index (χ3v) is 3.26. The van der Waals surface area contributed by atoms with Crippen molar-refractivity contribution in [3.05, 3.63) is 11.1 Å². The van der Waals surface area contributed by atoms with Crippen molar-refractivity contribution < 1.29 is 9.59 Å². The monoisotopic (exact) mass is 222 g/mol. The lowest BCUT2D eigenvalue weighted by Gasteiger charge is -2.14. The number of amides is 2. The van der Waals surface area contributed by atoms with Gasteiger partial charge in [-0.1, -0.05) is 0 Å². The van der Waals surface area contributed by atoms with Crippen molar-refractivity contribution >= 4 is 11.8 Å². The first-order chi connectivity index (χ1) is 7.61. The van der Waals surface area contributed by atoms with E-state index in [1.165, 1.54) is 17.7 Å². The van der Waals surface area contributed by atoms with Crippen molar-refractivity contribution in [2.45, 2.75) is 39.2 Å². The van der Waals surface area contributed by atoms with Crippen molar-refractivity contribution in [3.8, 4) is 0 Å². The summed E-state index contributed by atoms with van der Waals surface area (Å²) in [4.78, 5) is 24.7. The average Bonchev–Trinajstić information content (AvgIpc) is 3.06. The molecule has 2 aliphatic rings. The van der Waals surface area contributed by atoms with Gasteiger partial charge in [-0.05, 0) is 39.7 Å². The Morgan fingerprint density at radius 2 is 1.75 bits per heavy atom. The highest BCUT2D eigenvalue weighted by molar-refractivity contribution is 6.18. The van der Waals surface area contributed by atoms with Gasteiger partial charge in [0.05, 0.1) is 0 Å². The molecule has 0 unspecified atom stereocenters. The quantitative estimate of drug-likeness (QED) is 0.554. The second-order valence-corrected chi connectivity index (χ2v) is 4.59. The molecule has 2 amide bonds. The summed E-state index contributed by atoms with van der Waals surface area (Å²) < 4.78 is 0. The molecule has 16 heavy (non-hydrogen) atoms. The number of hydrogen-bond acceptors (Lipinski definition) is 3. The molecule has 0 atom stereocenters. The molecule has 88 valence electrons. The molecule has 1 aliphatic carbocycles. The lowest BCUT2D eigenvalue weighted by atomic mass is 10.2. The van der Waals surface area contributed by atoms with Crippen LogP contribution in [0.25, 0.3) is 0 Å². The molecule has 1 aliphatic heterocycles. The van der Waals surface area contributed by atoms with E-state index in [1.54, 1.807) is 13.8 Å². The molecule has 2 rings (SSSR count). The highest BCUT2D eigenvalue weighted by Gasteiger charge is 2.32. The molecule has 0 bridgehead atoms. The highest BCUT2D eigenvalue weighted by atomic mass is 16.2. The van der Waals surface area contributed by atoms with Gasteiger partial charge in [-0.3, -0.25) is 14.5 Å². The molecule has 0 aromatic rings. The standard InChI is InChI=1S/C12H18N2O2/c1-8-9(2)12(16)14(11(8)15)7-3-6-13-10-4-5-10/h10,13H,3-7H2,1-2H3. The van der Waals surface area contributed by atoms with Crippen LogP contribution in [0.3, 0.4) is 0 Å². The van der Waals surface area contributed by atoms with Gasteiger partial charge in [0.15, 0.2) is 0 Å². The van der Waals surface area contributed by atoms with Crippen LogP contribution in [0.1, 0.15) is 33.1 Å². The van der Waals surface area contributed by atoms with Crippen LogP contribution >= 0.6 is 0 Å². The molecule has 0 aromatic heterocycles. The van der Waals surface area contributed by atoms with Crippen LogP contribution in [0.2, 0.25) is 0 Å². The molecule has 1 fully saturated rings. The first-order valence-corrected chi connectivity index (χ1v) is 5.88. The predicted octanol–water partition coefficient (Wildman–Crippen LogP) is 0.834. The van der Waals surface area contributed by atoms with E-state index in [0.717, 1.165) is 13.0 Å². The van der Waals surface area contributed by atoms with Crippen molar-refractivity contribution in [2.24, 2.45) is 0 Å². The van der Waals surface area contributed by atoms with Gasteiger partial charge in [0.1, 0.15) is 0 Å². The summed E-state index contributed by atoms with van der Waals surface area (Å²) >= 11 is 0. The zero-order chi connectivity index (χ0) is 11.7. The van der Waals surface area contributed by atoms with E-state index in [-0.39, 0.29) is 11.8 Å². The molecule has 0 spiro atoms. The average molecular weight is 222 g/mol. The topological polar surface area (TPSA) is 49.4 Å². The third kappa shape index (κ3) is 2.16. The lowest BCUT2D eigenvalue weighted by molar-refractivity contribution is -0.137. The fourth-order valence-electron chi connectivity index (χ4n) is 1.85. The maximum atomic E-state index is 11.7. The fourth-order valence-corrected chi connectivity index (χ4v) is 1.85. The van der Waals surface area contributed by atoms with E-state index in [0.29, 0.717) is 23.7 Å². The molecule has 4 heteroatoms. The van der Waals surface area contributed by atoms with Crippen LogP contribution in [-0.4, -0.2) is 35.8 Å². The normalized spacial score (nSPS) is 21.2. The molecule has 1 saturated carbocycles. The summed E-state index contributed by atoms with van der Waals surface area (Å²) in [6, 6.07) is 0.687. The van der Waals surface area contributed by atoms with E-state index in [1.807, 2.05) is 0 Å². The van der Waals surface area contributed by atoms with Gasteiger partial charge >= 0.3 is 0 Å². The smallest absolute Gasteiger partial charge is 0.256 e. The predicted molar refractivity (Wildman–Crippen MR) is 60.7 cm³/mol. The fraction of sp³-hybridized carbons (Fsp3) is 0.667. The third-order valence-electron chi connectivity index (χ3n) is 3.26. The van der Waals surface area contributed by atoms with Crippen LogP contribution < -0.4 is 5.32 Å². The summed E-state index contributed by atoms with van der Waals surface area (Å²) in [5, 5.41) is 3.37. The Labute approximate surface area is 95.7 Å². The Balaban J connectivity index is 1.77. The van der Waals surface area contributed by atoms with Crippen molar-refractivity contribution in [1.82, 2.24) is 10.2 Å². The summed E-state index contributed by atoms with van der Waals surface area (Å²) in [6.45, 7) is 4.86. The zero-order valence-electron chi connectivity index (χ0n) is 9.88. The lowest BCUT2D eigenvalue weighted by Crippen LogP contribution is -2.34. The van der Waals surface area contributed by atoms with Crippen LogP contribution in [-0.2, 0) is 9.59 Å². The largest absolute Gasteiger partial charge is 0.314 e. The zero-order valence-corrected chi connectivity index (χ0v) is 9.88. The number of carbonyl (C=O) groups excluding carboxylic acids is 2. The van der Waals surface area contributed by atoms with Gasteiger partial charge in [-0.15, -0.1) is 0 Å². The van der Waals surface area contributed by atoms with E-state index < -0.39 is 0 Å². The second kappa shape index (κ2) is 4.37. The van der Waals surface area contributed by atoms with Crippen LogP contribution in [0, 0.1) is 0 Å². The van der Waals surface area contributed by atoms with Gasteiger partial charge in [-0.25, -0.2) is 0 Å². The van der Waals surface area contributed by atoms with Gasteiger partial charge in [-0.2, -0.15) is 0 Å². The number of rotatable bonds is 5. The van der Waals surface area contributed by atoms with Crippen LogP contribution in [0.4, 0.5) is 0 Å². The molecular weight excluding hydrogens is 204 g/mol. The molecule has 0 aromatic carbocycles. The van der Waals surface area contributed by atoms with Gasteiger partial charge in [0.25, 0.3) is 11.8 Å². The summed E-state index contributed by atoms with van der Waals surface area (Å²) in [7, 11) is 0. The maximum absolute atomic E-state index is 11.7.